The van der Waals surface area contributed by atoms with Gasteiger partial charge in [0.2, 0.25) is 0 Å². The molecule has 1 heterocycles. The van der Waals surface area contributed by atoms with Gasteiger partial charge in [-0.05, 0) is 47.9 Å². The van der Waals surface area contributed by atoms with Crippen molar-refractivity contribution in [1.29, 1.82) is 0 Å². The van der Waals surface area contributed by atoms with E-state index in [1.165, 1.54) is 25.3 Å². The number of hydrogen-bond donors (Lipinski definition) is 2. The van der Waals surface area contributed by atoms with Gasteiger partial charge in [0.25, 0.3) is 5.91 Å². The van der Waals surface area contributed by atoms with Crippen molar-refractivity contribution in [1.82, 2.24) is 4.90 Å². The number of carbonyl (C=O) groups excluding carboxylic acids is 2. The van der Waals surface area contributed by atoms with Gasteiger partial charge in [-0.15, -0.1) is 12.4 Å². The first-order chi connectivity index (χ1) is 15.7. The maximum Gasteiger partial charge on any atom is 0.323 e. The third kappa shape index (κ3) is 6.76. The number of nitrogens with zero attached hydrogens (tertiary/aromatic N) is 1. The normalized spacial score (nSPS) is 15.1. The SMILES string of the molecule is COC(=O)[C@@H](N)Cc1ccc(Oc2ccc(C=C3SC(=S)N(CC(=O)O)C3=O)cc2F)cc1.Cl. The highest BCUT2D eigenvalue weighted by Crippen LogP contribution is 2.33. The molecule has 2 aromatic carbocycles. The van der Waals surface area contributed by atoms with Gasteiger partial charge in [-0.2, -0.15) is 0 Å². The Morgan fingerprint density at radius 2 is 1.94 bits per heavy atom. The Hall–Kier alpha value is -2.99. The molecule has 0 spiro atoms. The molecule has 3 rings (SSSR count). The molecule has 1 aliphatic heterocycles. The lowest BCUT2D eigenvalue weighted by molar-refractivity contribution is -0.142. The number of carbonyl (C=O) groups is 3. The summed E-state index contributed by atoms with van der Waals surface area (Å²) >= 11 is 5.99. The third-order valence-electron chi connectivity index (χ3n) is 4.53. The molecule has 0 aliphatic carbocycles. The Labute approximate surface area is 210 Å². The highest BCUT2D eigenvalue weighted by Gasteiger charge is 2.33. The number of nitrogens with two attached hydrogens (primary N) is 1. The second kappa shape index (κ2) is 11.9. The van der Waals surface area contributed by atoms with Crippen LogP contribution in [-0.4, -0.2) is 51.9 Å². The number of aliphatic carboxylic acids is 1. The third-order valence-corrected chi connectivity index (χ3v) is 5.91. The van der Waals surface area contributed by atoms with E-state index in [9.17, 15) is 18.8 Å². The van der Waals surface area contributed by atoms with Gasteiger partial charge < -0.3 is 20.3 Å². The number of carboxylic acids is 1. The summed E-state index contributed by atoms with van der Waals surface area (Å²) in [7, 11) is 1.27. The highest BCUT2D eigenvalue weighted by atomic mass is 35.5. The van der Waals surface area contributed by atoms with E-state index in [0.29, 0.717) is 11.3 Å². The number of hydrogen-bond acceptors (Lipinski definition) is 8. The van der Waals surface area contributed by atoms with Crippen LogP contribution < -0.4 is 10.5 Å². The first kappa shape index (κ1) is 27.3. The number of benzene rings is 2. The van der Waals surface area contributed by atoms with Crippen LogP contribution in [0.15, 0.2) is 47.4 Å². The molecular weight excluding hydrogens is 507 g/mol. The summed E-state index contributed by atoms with van der Waals surface area (Å²) in [5, 5.41) is 8.89. The van der Waals surface area contributed by atoms with Crippen molar-refractivity contribution in [3.63, 3.8) is 0 Å². The van der Waals surface area contributed by atoms with Gasteiger partial charge in [0.05, 0.1) is 12.0 Å². The molecule has 12 heteroatoms. The number of thiocarbonyl (C=S) groups is 1. The lowest BCUT2D eigenvalue weighted by atomic mass is 10.1. The second-order valence-electron chi connectivity index (χ2n) is 6.93. The number of amides is 1. The first-order valence-corrected chi connectivity index (χ1v) is 10.8. The van der Waals surface area contributed by atoms with Gasteiger partial charge in [-0.25, -0.2) is 4.39 Å². The topological polar surface area (TPSA) is 119 Å². The van der Waals surface area contributed by atoms with Crippen LogP contribution in [-0.2, 0) is 25.5 Å². The van der Waals surface area contributed by atoms with Gasteiger partial charge in [0, 0.05) is 0 Å². The molecule has 1 amide bonds. The zero-order valence-electron chi connectivity index (χ0n) is 17.7. The smallest absolute Gasteiger partial charge is 0.323 e. The van der Waals surface area contributed by atoms with Crippen molar-refractivity contribution in [3.8, 4) is 11.5 Å². The molecule has 180 valence electrons. The van der Waals surface area contributed by atoms with E-state index in [1.807, 2.05) is 0 Å². The molecule has 1 aliphatic rings. The van der Waals surface area contributed by atoms with E-state index in [-0.39, 0.29) is 33.8 Å². The number of rotatable bonds is 8. The van der Waals surface area contributed by atoms with Gasteiger partial charge in [0.1, 0.15) is 22.7 Å². The summed E-state index contributed by atoms with van der Waals surface area (Å²) < 4.78 is 24.9. The molecule has 2 aromatic rings. The Bertz CT molecular complexity index is 1140. The largest absolute Gasteiger partial charge is 0.480 e. The maximum absolute atomic E-state index is 14.6. The minimum atomic E-state index is -1.18. The number of ether oxygens (including phenoxy) is 2. The average molecular weight is 527 g/mol. The number of methoxy groups -OCH3 is 1. The van der Waals surface area contributed by atoms with Crippen LogP contribution in [0.2, 0.25) is 0 Å². The van der Waals surface area contributed by atoms with Crippen molar-refractivity contribution >= 4 is 64.6 Å². The lowest BCUT2D eigenvalue weighted by Crippen LogP contribution is -2.33. The molecule has 1 atom stereocenters. The number of halogens is 2. The minimum Gasteiger partial charge on any atom is -0.480 e. The van der Waals surface area contributed by atoms with Crippen molar-refractivity contribution in [2.24, 2.45) is 5.73 Å². The Morgan fingerprint density at radius 1 is 1.26 bits per heavy atom. The summed E-state index contributed by atoms with van der Waals surface area (Å²) in [4.78, 5) is 35.8. The van der Waals surface area contributed by atoms with Crippen molar-refractivity contribution < 1.29 is 33.4 Å². The van der Waals surface area contributed by atoms with E-state index in [1.54, 1.807) is 30.3 Å². The summed E-state index contributed by atoms with van der Waals surface area (Å²) in [6.45, 7) is -0.531. The monoisotopic (exact) mass is 526 g/mol. The highest BCUT2D eigenvalue weighted by molar-refractivity contribution is 8.26. The van der Waals surface area contributed by atoms with E-state index in [4.69, 9.17) is 27.8 Å². The van der Waals surface area contributed by atoms with Crippen LogP contribution >= 0.6 is 36.4 Å². The van der Waals surface area contributed by atoms with Crippen LogP contribution in [0.3, 0.4) is 0 Å². The molecule has 34 heavy (non-hydrogen) atoms. The molecule has 1 saturated heterocycles. The summed E-state index contributed by atoms with van der Waals surface area (Å²) in [5.74, 6) is -2.53. The first-order valence-electron chi connectivity index (χ1n) is 9.55. The lowest BCUT2D eigenvalue weighted by Gasteiger charge is -2.11. The second-order valence-corrected chi connectivity index (χ2v) is 8.61. The van der Waals surface area contributed by atoms with Gasteiger partial charge in [-0.1, -0.05) is 42.2 Å². The molecule has 3 N–H and O–H groups in total. The van der Waals surface area contributed by atoms with E-state index in [0.717, 1.165) is 22.2 Å². The minimum absolute atomic E-state index is 0. The number of carboxylic acid groups (broad SMARTS) is 1. The molecule has 0 unspecified atom stereocenters. The van der Waals surface area contributed by atoms with Crippen molar-refractivity contribution in [2.75, 3.05) is 13.7 Å². The fraction of sp³-hybridized carbons (Fsp3) is 0.182. The number of thioether (sulfide) groups is 1. The van der Waals surface area contributed by atoms with Crippen molar-refractivity contribution in [3.05, 3.63) is 64.3 Å². The van der Waals surface area contributed by atoms with Gasteiger partial charge in [0.15, 0.2) is 11.6 Å². The fourth-order valence-corrected chi connectivity index (χ4v) is 4.18. The Morgan fingerprint density at radius 3 is 2.53 bits per heavy atom. The summed E-state index contributed by atoms with van der Waals surface area (Å²) in [6.07, 6.45) is 1.72. The van der Waals surface area contributed by atoms with Crippen LogP contribution in [0.4, 0.5) is 4.39 Å². The predicted molar refractivity (Wildman–Crippen MR) is 131 cm³/mol. The summed E-state index contributed by atoms with van der Waals surface area (Å²) in [5.41, 5.74) is 6.92. The molecule has 0 saturated carbocycles. The quantitative estimate of drug-likeness (QED) is 0.303. The molecule has 0 radical (unpaired) electrons. The molecule has 8 nitrogen and oxygen atoms in total. The molecule has 1 fully saturated rings. The van der Waals surface area contributed by atoms with Crippen LogP contribution in [0.1, 0.15) is 11.1 Å². The Kier molecular flexibility index (Phi) is 9.56. The van der Waals surface area contributed by atoms with Crippen LogP contribution in [0.5, 0.6) is 11.5 Å². The van der Waals surface area contributed by atoms with Crippen LogP contribution in [0.25, 0.3) is 6.08 Å². The average Bonchev–Trinajstić information content (AvgIpc) is 3.03. The zero-order valence-corrected chi connectivity index (χ0v) is 20.2. The van der Waals surface area contributed by atoms with Crippen molar-refractivity contribution in [2.45, 2.75) is 12.5 Å². The van der Waals surface area contributed by atoms with E-state index in [2.05, 4.69) is 4.74 Å². The standard InChI is InChI=1S/C22H19FN2O6S2.ClH/c1-30-21(29)16(24)9-12-2-5-14(6-3-12)31-17-7-4-13(8-15(17)23)10-18-20(28)25(11-19(26)27)22(32)33-18;/h2-8,10,16H,9,11,24H2,1H3,(H,26,27);1H/t16-;/m0./s1. The van der Waals surface area contributed by atoms with Gasteiger partial charge >= 0.3 is 11.9 Å². The van der Waals surface area contributed by atoms with E-state index >= 15 is 0 Å². The molecule has 0 aromatic heterocycles. The number of esters is 1. The van der Waals surface area contributed by atoms with E-state index < -0.39 is 36.2 Å². The fourth-order valence-electron chi connectivity index (χ4n) is 2.92. The van der Waals surface area contributed by atoms with Crippen LogP contribution in [0, 0.1) is 5.82 Å². The maximum atomic E-state index is 14.6. The molecular formula is C22H20ClFN2O6S2. The molecule has 0 bridgehead atoms. The Balaban J connectivity index is 0.00000408. The predicted octanol–water partition coefficient (Wildman–Crippen LogP) is 3.37. The van der Waals surface area contributed by atoms with Gasteiger partial charge in [-0.3, -0.25) is 19.3 Å². The zero-order chi connectivity index (χ0) is 24.1. The summed E-state index contributed by atoms with van der Waals surface area (Å²) in [6, 6.07) is 10.1.